The van der Waals surface area contributed by atoms with E-state index in [1.807, 2.05) is 0 Å². The molecule has 0 aromatic heterocycles. The van der Waals surface area contributed by atoms with Crippen molar-refractivity contribution < 1.29 is 0 Å². The molecule has 2 aliphatic rings. The van der Waals surface area contributed by atoms with Crippen molar-refractivity contribution in [2.45, 2.75) is 97.9 Å². The molecular formula is C21H41N. The highest BCUT2D eigenvalue weighted by Crippen LogP contribution is 2.40. The van der Waals surface area contributed by atoms with Crippen LogP contribution < -0.4 is 5.32 Å². The molecule has 2 saturated carbocycles. The molecule has 0 aromatic rings. The maximum Gasteiger partial charge on any atom is 0.00671 e. The lowest BCUT2D eigenvalue weighted by Crippen LogP contribution is -2.38. The molecule has 4 unspecified atom stereocenters. The van der Waals surface area contributed by atoms with Gasteiger partial charge in [0.25, 0.3) is 0 Å². The SMILES string of the molecule is CCC(CC)CC1CC(C)CC(CC(C)CNC2CCC2)C1. The lowest BCUT2D eigenvalue weighted by molar-refractivity contribution is 0.155. The van der Waals surface area contributed by atoms with Gasteiger partial charge >= 0.3 is 0 Å². The Kier molecular flexibility index (Phi) is 7.74. The molecule has 0 bridgehead atoms. The Balaban J connectivity index is 1.72. The van der Waals surface area contributed by atoms with Crippen LogP contribution in [0.1, 0.15) is 91.9 Å². The second-order valence-electron chi connectivity index (χ2n) is 8.84. The van der Waals surface area contributed by atoms with E-state index in [2.05, 4.69) is 33.0 Å². The minimum atomic E-state index is 0.857. The van der Waals surface area contributed by atoms with Gasteiger partial charge in [0.1, 0.15) is 0 Å². The molecule has 4 atom stereocenters. The fraction of sp³-hybridized carbons (Fsp3) is 1.00. The van der Waals surface area contributed by atoms with Crippen molar-refractivity contribution in [2.24, 2.45) is 29.6 Å². The summed E-state index contributed by atoms with van der Waals surface area (Å²) in [6, 6.07) is 0.857. The van der Waals surface area contributed by atoms with Crippen molar-refractivity contribution >= 4 is 0 Å². The Morgan fingerprint density at radius 3 is 2.14 bits per heavy atom. The van der Waals surface area contributed by atoms with E-state index in [0.29, 0.717) is 0 Å². The van der Waals surface area contributed by atoms with Gasteiger partial charge < -0.3 is 5.32 Å². The maximum atomic E-state index is 3.78. The van der Waals surface area contributed by atoms with Crippen molar-refractivity contribution in [3.05, 3.63) is 0 Å². The highest BCUT2D eigenvalue weighted by molar-refractivity contribution is 4.81. The second kappa shape index (κ2) is 9.30. The Morgan fingerprint density at radius 1 is 0.955 bits per heavy atom. The highest BCUT2D eigenvalue weighted by atomic mass is 14.9. The molecule has 0 aromatic carbocycles. The third kappa shape index (κ3) is 5.87. The fourth-order valence-corrected chi connectivity index (χ4v) is 5.01. The van der Waals surface area contributed by atoms with Crippen LogP contribution in [-0.4, -0.2) is 12.6 Å². The third-order valence-corrected chi connectivity index (χ3v) is 6.56. The first kappa shape index (κ1) is 18.3. The van der Waals surface area contributed by atoms with Crippen LogP contribution >= 0.6 is 0 Å². The van der Waals surface area contributed by atoms with Gasteiger partial charge in [-0.25, -0.2) is 0 Å². The first-order valence-electron chi connectivity index (χ1n) is 10.3. The first-order valence-corrected chi connectivity index (χ1v) is 10.3. The first-order chi connectivity index (χ1) is 10.6. The van der Waals surface area contributed by atoms with Gasteiger partial charge in [-0.2, -0.15) is 0 Å². The van der Waals surface area contributed by atoms with Crippen molar-refractivity contribution in [3.63, 3.8) is 0 Å². The van der Waals surface area contributed by atoms with E-state index < -0.39 is 0 Å². The normalized spacial score (nSPS) is 31.2. The average Bonchev–Trinajstić information content (AvgIpc) is 2.42. The van der Waals surface area contributed by atoms with Crippen LogP contribution in [0.4, 0.5) is 0 Å². The summed E-state index contributed by atoms with van der Waals surface area (Å²) in [6.45, 7) is 11.0. The highest BCUT2D eigenvalue weighted by Gasteiger charge is 2.29. The lowest BCUT2D eigenvalue weighted by atomic mass is 9.70. The molecule has 2 fully saturated rings. The zero-order valence-electron chi connectivity index (χ0n) is 15.7. The molecule has 130 valence electrons. The molecule has 22 heavy (non-hydrogen) atoms. The molecule has 2 rings (SSSR count). The lowest BCUT2D eigenvalue weighted by Gasteiger charge is -2.36. The standard InChI is InChI=1S/C21H41N/c1-5-18(6-2)13-20-11-16(3)10-19(14-20)12-17(4)15-22-21-8-7-9-21/h16-22H,5-15H2,1-4H3. The van der Waals surface area contributed by atoms with E-state index in [0.717, 1.165) is 35.6 Å². The summed E-state index contributed by atoms with van der Waals surface area (Å²) in [5.41, 5.74) is 0. The van der Waals surface area contributed by atoms with E-state index in [-0.39, 0.29) is 0 Å². The molecule has 1 nitrogen and oxygen atoms in total. The Labute approximate surface area is 140 Å². The summed E-state index contributed by atoms with van der Waals surface area (Å²) in [4.78, 5) is 0. The Morgan fingerprint density at radius 2 is 1.59 bits per heavy atom. The van der Waals surface area contributed by atoms with Gasteiger partial charge in [0.05, 0.1) is 0 Å². The monoisotopic (exact) mass is 307 g/mol. The van der Waals surface area contributed by atoms with E-state index in [1.54, 1.807) is 0 Å². The Bertz CT molecular complexity index is 292. The minimum absolute atomic E-state index is 0.857. The Hall–Kier alpha value is -0.0400. The summed E-state index contributed by atoms with van der Waals surface area (Å²) < 4.78 is 0. The molecule has 2 aliphatic carbocycles. The van der Waals surface area contributed by atoms with Crippen molar-refractivity contribution in [1.82, 2.24) is 5.32 Å². The van der Waals surface area contributed by atoms with Gasteiger partial charge in [-0.05, 0) is 81.1 Å². The number of nitrogens with one attached hydrogen (secondary N) is 1. The predicted octanol–water partition coefficient (Wildman–Crippen LogP) is 6.03. The van der Waals surface area contributed by atoms with Gasteiger partial charge in [0, 0.05) is 6.04 Å². The van der Waals surface area contributed by atoms with Crippen molar-refractivity contribution in [3.8, 4) is 0 Å². The summed E-state index contributed by atoms with van der Waals surface area (Å²) in [5, 5.41) is 3.78. The second-order valence-corrected chi connectivity index (χ2v) is 8.84. The van der Waals surface area contributed by atoms with Gasteiger partial charge in [-0.1, -0.05) is 47.0 Å². The van der Waals surface area contributed by atoms with E-state index >= 15 is 0 Å². The molecule has 0 heterocycles. The van der Waals surface area contributed by atoms with Gasteiger partial charge in [-0.15, -0.1) is 0 Å². The minimum Gasteiger partial charge on any atom is -0.314 e. The summed E-state index contributed by atoms with van der Waals surface area (Å²) >= 11 is 0. The molecule has 0 spiro atoms. The molecule has 1 N–H and O–H groups in total. The largest absolute Gasteiger partial charge is 0.314 e. The van der Waals surface area contributed by atoms with Crippen molar-refractivity contribution in [1.29, 1.82) is 0 Å². The van der Waals surface area contributed by atoms with Crippen LogP contribution in [0.15, 0.2) is 0 Å². The summed E-state index contributed by atoms with van der Waals surface area (Å²) in [5.74, 6) is 4.83. The third-order valence-electron chi connectivity index (χ3n) is 6.56. The zero-order valence-corrected chi connectivity index (χ0v) is 15.7. The zero-order chi connectivity index (χ0) is 15.9. The molecular weight excluding hydrogens is 266 g/mol. The van der Waals surface area contributed by atoms with Crippen LogP contribution in [0.5, 0.6) is 0 Å². The van der Waals surface area contributed by atoms with Crippen molar-refractivity contribution in [2.75, 3.05) is 6.54 Å². The van der Waals surface area contributed by atoms with E-state index in [1.165, 1.54) is 70.8 Å². The van der Waals surface area contributed by atoms with Crippen LogP contribution in [0.2, 0.25) is 0 Å². The average molecular weight is 308 g/mol. The van der Waals surface area contributed by atoms with Crippen LogP contribution in [0.3, 0.4) is 0 Å². The van der Waals surface area contributed by atoms with E-state index in [4.69, 9.17) is 0 Å². The van der Waals surface area contributed by atoms with Crippen LogP contribution in [0, 0.1) is 29.6 Å². The smallest absolute Gasteiger partial charge is 0.00671 e. The van der Waals surface area contributed by atoms with Gasteiger partial charge in [-0.3, -0.25) is 0 Å². The fourth-order valence-electron chi connectivity index (χ4n) is 5.01. The predicted molar refractivity (Wildman–Crippen MR) is 98.1 cm³/mol. The molecule has 0 radical (unpaired) electrons. The molecule has 0 aliphatic heterocycles. The summed E-state index contributed by atoms with van der Waals surface area (Å²) in [7, 11) is 0. The number of rotatable bonds is 9. The molecule has 1 heteroatoms. The number of hydrogen-bond donors (Lipinski definition) is 1. The van der Waals surface area contributed by atoms with Crippen LogP contribution in [-0.2, 0) is 0 Å². The quantitative estimate of drug-likeness (QED) is 0.548. The maximum absolute atomic E-state index is 3.78. The molecule has 0 saturated heterocycles. The topological polar surface area (TPSA) is 12.0 Å². The van der Waals surface area contributed by atoms with E-state index in [9.17, 15) is 0 Å². The van der Waals surface area contributed by atoms with Crippen LogP contribution in [0.25, 0.3) is 0 Å². The summed E-state index contributed by atoms with van der Waals surface area (Å²) in [6.07, 6.45) is 14.5. The number of hydrogen-bond acceptors (Lipinski definition) is 1. The van der Waals surface area contributed by atoms with Gasteiger partial charge in [0.15, 0.2) is 0 Å². The molecule has 0 amide bonds. The van der Waals surface area contributed by atoms with Gasteiger partial charge in [0.2, 0.25) is 0 Å².